The van der Waals surface area contributed by atoms with E-state index in [4.69, 9.17) is 0 Å². The van der Waals surface area contributed by atoms with Gasteiger partial charge in [-0.2, -0.15) is 0 Å². The lowest BCUT2D eigenvalue weighted by Crippen LogP contribution is -2.41. The third kappa shape index (κ3) is 2.51. The molecule has 1 atom stereocenters. The Labute approximate surface area is 132 Å². The van der Waals surface area contributed by atoms with Crippen LogP contribution in [0.5, 0.6) is 0 Å². The molecule has 0 amide bonds. The SMILES string of the molecule is O=C(O)C1(Cc2ccccc2Br)CCCc2ccccc21. The third-order valence-corrected chi connectivity index (χ3v) is 5.22. The molecule has 0 spiro atoms. The van der Waals surface area contributed by atoms with Gasteiger partial charge >= 0.3 is 5.97 Å². The van der Waals surface area contributed by atoms with E-state index in [1.165, 1.54) is 5.56 Å². The lowest BCUT2D eigenvalue weighted by molar-refractivity contribution is -0.144. The molecule has 1 unspecified atom stereocenters. The van der Waals surface area contributed by atoms with Crippen LogP contribution >= 0.6 is 15.9 Å². The molecule has 0 aliphatic heterocycles. The smallest absolute Gasteiger partial charge is 0.314 e. The molecule has 21 heavy (non-hydrogen) atoms. The average Bonchev–Trinajstić information content (AvgIpc) is 2.49. The largest absolute Gasteiger partial charge is 0.481 e. The second kappa shape index (κ2) is 5.64. The number of carboxylic acid groups (broad SMARTS) is 1. The minimum absolute atomic E-state index is 0.529. The van der Waals surface area contributed by atoms with Gasteiger partial charge in [-0.05, 0) is 48.4 Å². The summed E-state index contributed by atoms with van der Waals surface area (Å²) >= 11 is 3.54. The highest BCUT2D eigenvalue weighted by molar-refractivity contribution is 9.10. The first kappa shape index (κ1) is 14.3. The number of hydrogen-bond acceptors (Lipinski definition) is 1. The van der Waals surface area contributed by atoms with E-state index in [9.17, 15) is 9.90 Å². The molecule has 3 heteroatoms. The Morgan fingerprint density at radius 2 is 1.86 bits per heavy atom. The first-order valence-corrected chi connectivity index (χ1v) is 7.98. The van der Waals surface area contributed by atoms with Crippen LogP contribution in [0, 0.1) is 0 Å². The number of carbonyl (C=O) groups is 1. The van der Waals surface area contributed by atoms with Gasteiger partial charge in [0, 0.05) is 4.47 Å². The van der Waals surface area contributed by atoms with Crippen LogP contribution in [0.1, 0.15) is 29.5 Å². The number of carboxylic acids is 1. The summed E-state index contributed by atoms with van der Waals surface area (Å²) in [6.07, 6.45) is 3.12. The third-order valence-electron chi connectivity index (χ3n) is 4.44. The number of aliphatic carboxylic acids is 1. The molecule has 1 aliphatic carbocycles. The molecule has 0 heterocycles. The normalized spacial score (nSPS) is 20.8. The summed E-state index contributed by atoms with van der Waals surface area (Å²) in [6.45, 7) is 0. The van der Waals surface area contributed by atoms with Gasteiger partial charge in [0.15, 0.2) is 0 Å². The summed E-state index contributed by atoms with van der Waals surface area (Å²) in [5.41, 5.74) is 2.41. The van der Waals surface area contributed by atoms with Gasteiger partial charge in [0.05, 0.1) is 5.41 Å². The highest BCUT2D eigenvalue weighted by atomic mass is 79.9. The first-order chi connectivity index (χ1) is 10.1. The summed E-state index contributed by atoms with van der Waals surface area (Å²) in [6, 6.07) is 15.9. The second-order valence-electron chi connectivity index (χ2n) is 5.67. The molecular weight excluding hydrogens is 328 g/mol. The van der Waals surface area contributed by atoms with Crippen molar-refractivity contribution in [3.8, 4) is 0 Å². The van der Waals surface area contributed by atoms with E-state index in [-0.39, 0.29) is 0 Å². The Morgan fingerprint density at radius 1 is 1.14 bits per heavy atom. The van der Waals surface area contributed by atoms with Crippen LogP contribution in [0.25, 0.3) is 0 Å². The highest BCUT2D eigenvalue weighted by Crippen LogP contribution is 2.41. The molecule has 0 aromatic heterocycles. The Bertz CT molecular complexity index is 680. The van der Waals surface area contributed by atoms with E-state index in [1.807, 2.05) is 42.5 Å². The number of hydrogen-bond donors (Lipinski definition) is 1. The van der Waals surface area contributed by atoms with Crippen molar-refractivity contribution in [2.75, 3.05) is 0 Å². The Morgan fingerprint density at radius 3 is 2.62 bits per heavy atom. The van der Waals surface area contributed by atoms with E-state index in [0.717, 1.165) is 28.4 Å². The molecule has 0 bridgehead atoms. The summed E-state index contributed by atoms with van der Waals surface area (Å²) < 4.78 is 0.980. The second-order valence-corrected chi connectivity index (χ2v) is 6.52. The molecule has 1 aliphatic rings. The van der Waals surface area contributed by atoms with Gasteiger partial charge in [0.1, 0.15) is 0 Å². The highest BCUT2D eigenvalue weighted by Gasteiger charge is 2.43. The zero-order valence-corrected chi connectivity index (χ0v) is 13.3. The minimum Gasteiger partial charge on any atom is -0.481 e. The Balaban J connectivity index is 2.11. The van der Waals surface area contributed by atoms with Crippen molar-refractivity contribution in [3.63, 3.8) is 0 Å². The molecule has 2 aromatic carbocycles. The van der Waals surface area contributed by atoms with Crippen LogP contribution in [0.4, 0.5) is 0 Å². The quantitative estimate of drug-likeness (QED) is 0.898. The molecule has 0 fully saturated rings. The van der Waals surface area contributed by atoms with Crippen molar-refractivity contribution >= 4 is 21.9 Å². The molecule has 0 saturated heterocycles. The fraction of sp³-hybridized carbons (Fsp3) is 0.278. The van der Waals surface area contributed by atoms with Gasteiger partial charge in [-0.15, -0.1) is 0 Å². The van der Waals surface area contributed by atoms with E-state index in [0.29, 0.717) is 12.8 Å². The van der Waals surface area contributed by atoms with Crippen LogP contribution in [0.2, 0.25) is 0 Å². The zero-order valence-electron chi connectivity index (χ0n) is 11.7. The number of halogens is 1. The lowest BCUT2D eigenvalue weighted by atomic mass is 9.67. The van der Waals surface area contributed by atoms with Gasteiger partial charge < -0.3 is 5.11 Å². The maximum absolute atomic E-state index is 12.1. The molecule has 3 rings (SSSR count). The predicted octanol–water partition coefficient (Wildman–Crippen LogP) is 4.35. The van der Waals surface area contributed by atoms with E-state index >= 15 is 0 Å². The van der Waals surface area contributed by atoms with Crippen molar-refractivity contribution in [1.82, 2.24) is 0 Å². The van der Waals surface area contributed by atoms with Gasteiger partial charge in [0.25, 0.3) is 0 Å². The first-order valence-electron chi connectivity index (χ1n) is 7.19. The van der Waals surface area contributed by atoms with Crippen LogP contribution < -0.4 is 0 Å². The Hall–Kier alpha value is -1.61. The minimum atomic E-state index is -0.807. The van der Waals surface area contributed by atoms with E-state index in [1.54, 1.807) is 0 Å². The van der Waals surface area contributed by atoms with Crippen molar-refractivity contribution < 1.29 is 9.90 Å². The molecule has 0 saturated carbocycles. The maximum atomic E-state index is 12.1. The van der Waals surface area contributed by atoms with Crippen molar-refractivity contribution in [3.05, 3.63) is 69.7 Å². The van der Waals surface area contributed by atoms with Crippen LogP contribution in [-0.4, -0.2) is 11.1 Å². The lowest BCUT2D eigenvalue weighted by Gasteiger charge is -2.36. The molecule has 108 valence electrons. The van der Waals surface area contributed by atoms with Crippen LogP contribution in [0.3, 0.4) is 0 Å². The predicted molar refractivity (Wildman–Crippen MR) is 86.5 cm³/mol. The standard InChI is InChI=1S/C18H17BrO2/c19-16-10-4-2-7-14(16)12-18(17(20)21)11-5-8-13-6-1-3-9-15(13)18/h1-4,6-7,9-10H,5,8,11-12H2,(H,20,21). The van der Waals surface area contributed by atoms with Crippen LogP contribution in [-0.2, 0) is 23.1 Å². The number of aryl methyl sites for hydroxylation is 1. The molecule has 2 aromatic rings. The van der Waals surface area contributed by atoms with Crippen molar-refractivity contribution in [2.24, 2.45) is 0 Å². The molecule has 0 radical (unpaired) electrons. The van der Waals surface area contributed by atoms with Gasteiger partial charge in [0.2, 0.25) is 0 Å². The van der Waals surface area contributed by atoms with Gasteiger partial charge in [-0.3, -0.25) is 4.79 Å². The number of fused-ring (bicyclic) bond motifs is 1. The molecule has 2 nitrogen and oxygen atoms in total. The van der Waals surface area contributed by atoms with E-state index in [2.05, 4.69) is 22.0 Å². The van der Waals surface area contributed by atoms with E-state index < -0.39 is 11.4 Å². The summed E-state index contributed by atoms with van der Waals surface area (Å²) in [4.78, 5) is 12.1. The number of rotatable bonds is 3. The van der Waals surface area contributed by atoms with Gasteiger partial charge in [-0.1, -0.05) is 58.4 Å². The van der Waals surface area contributed by atoms with Gasteiger partial charge in [-0.25, -0.2) is 0 Å². The average molecular weight is 345 g/mol. The fourth-order valence-electron chi connectivity index (χ4n) is 3.37. The Kier molecular flexibility index (Phi) is 3.85. The summed E-state index contributed by atoms with van der Waals surface area (Å²) in [7, 11) is 0. The number of benzene rings is 2. The molecule has 1 N–H and O–H groups in total. The monoisotopic (exact) mass is 344 g/mol. The summed E-state index contributed by atoms with van der Waals surface area (Å²) in [5.74, 6) is -0.717. The fourth-order valence-corrected chi connectivity index (χ4v) is 3.79. The van der Waals surface area contributed by atoms with Crippen molar-refractivity contribution in [2.45, 2.75) is 31.1 Å². The topological polar surface area (TPSA) is 37.3 Å². The zero-order chi connectivity index (χ0) is 14.9. The van der Waals surface area contributed by atoms with Crippen molar-refractivity contribution in [1.29, 1.82) is 0 Å². The maximum Gasteiger partial charge on any atom is 0.314 e. The molecular formula is C18H17BrO2. The van der Waals surface area contributed by atoms with Crippen LogP contribution in [0.15, 0.2) is 53.0 Å². The summed E-state index contributed by atoms with van der Waals surface area (Å²) in [5, 5.41) is 9.97.